The van der Waals surface area contributed by atoms with Crippen LogP contribution in [0.4, 0.5) is 0 Å². The van der Waals surface area contributed by atoms with Gasteiger partial charge in [0.15, 0.2) is 11.5 Å². The van der Waals surface area contributed by atoms with Gasteiger partial charge in [0.2, 0.25) is 5.91 Å². The third kappa shape index (κ3) is 6.53. The summed E-state index contributed by atoms with van der Waals surface area (Å²) >= 11 is 6.44. The molecule has 0 aromatic heterocycles. The summed E-state index contributed by atoms with van der Waals surface area (Å²) in [5.74, 6) is 1.76. The lowest BCUT2D eigenvalue weighted by Crippen LogP contribution is -2.48. The molecule has 1 aliphatic carbocycles. The Bertz CT molecular complexity index is 784. The van der Waals surface area contributed by atoms with E-state index in [0.717, 1.165) is 44.9 Å². The van der Waals surface area contributed by atoms with E-state index < -0.39 is 0 Å². The lowest BCUT2D eigenvalue weighted by Gasteiger charge is -2.33. The van der Waals surface area contributed by atoms with Crippen LogP contribution >= 0.6 is 11.6 Å². The van der Waals surface area contributed by atoms with E-state index in [-0.39, 0.29) is 23.8 Å². The van der Waals surface area contributed by atoms with E-state index in [4.69, 9.17) is 21.1 Å². The number of carbonyl (C=O) groups is 2. The highest BCUT2D eigenvalue weighted by molar-refractivity contribution is 6.32. The average Bonchev–Trinajstić information content (AvgIpc) is 2.80. The maximum absolute atomic E-state index is 13.1. The minimum absolute atomic E-state index is 0.0732. The van der Waals surface area contributed by atoms with Crippen molar-refractivity contribution in [3.63, 3.8) is 0 Å². The number of amides is 2. The topological polar surface area (TPSA) is 67.9 Å². The Balaban J connectivity index is 1.56. The summed E-state index contributed by atoms with van der Waals surface area (Å²) in [6, 6.07) is 3.51. The number of nitrogens with zero attached hydrogens (tertiary/aromatic N) is 1. The first kappa shape index (κ1) is 24.7. The monoisotopic (exact) mass is 464 g/mol. The number of nitrogens with one attached hydrogen (secondary N) is 1. The Kier molecular flexibility index (Phi) is 9.09. The normalized spacial score (nSPS) is 18.0. The van der Waals surface area contributed by atoms with E-state index in [9.17, 15) is 9.59 Å². The minimum atomic E-state index is -0.0732. The zero-order valence-corrected chi connectivity index (χ0v) is 20.4. The fourth-order valence-corrected chi connectivity index (χ4v) is 4.74. The molecular formula is C25H37ClN2O4. The number of hydrogen-bond donors (Lipinski definition) is 1. The van der Waals surface area contributed by atoms with Gasteiger partial charge >= 0.3 is 0 Å². The van der Waals surface area contributed by atoms with Gasteiger partial charge in [-0.3, -0.25) is 9.59 Å². The molecule has 0 radical (unpaired) electrons. The minimum Gasteiger partial charge on any atom is -0.493 e. The van der Waals surface area contributed by atoms with Crippen molar-refractivity contribution in [3.8, 4) is 11.5 Å². The summed E-state index contributed by atoms with van der Waals surface area (Å²) < 4.78 is 11.3. The molecule has 3 rings (SSSR count). The second kappa shape index (κ2) is 11.8. The van der Waals surface area contributed by atoms with Crippen molar-refractivity contribution in [1.82, 2.24) is 10.2 Å². The number of likely N-dealkylation sites (tertiary alicyclic amines) is 1. The van der Waals surface area contributed by atoms with Crippen LogP contribution in [0.3, 0.4) is 0 Å². The van der Waals surface area contributed by atoms with Gasteiger partial charge in [0.1, 0.15) is 0 Å². The maximum Gasteiger partial charge on any atom is 0.254 e. The van der Waals surface area contributed by atoms with E-state index in [1.165, 1.54) is 6.42 Å². The molecule has 1 saturated heterocycles. The summed E-state index contributed by atoms with van der Waals surface area (Å²) in [6.07, 6.45) is 8.00. The smallest absolute Gasteiger partial charge is 0.254 e. The molecule has 178 valence electrons. The highest BCUT2D eigenvalue weighted by atomic mass is 35.5. The van der Waals surface area contributed by atoms with Crippen molar-refractivity contribution in [1.29, 1.82) is 0 Å². The van der Waals surface area contributed by atoms with Gasteiger partial charge in [-0.05, 0) is 50.2 Å². The molecule has 1 heterocycles. The zero-order valence-electron chi connectivity index (χ0n) is 19.6. The summed E-state index contributed by atoms with van der Waals surface area (Å²) in [5, 5.41) is 3.60. The van der Waals surface area contributed by atoms with Crippen LogP contribution in [0.2, 0.25) is 5.02 Å². The molecule has 1 saturated carbocycles. The van der Waals surface area contributed by atoms with Crippen molar-refractivity contribution in [2.75, 3.05) is 26.8 Å². The van der Waals surface area contributed by atoms with E-state index in [1.54, 1.807) is 19.2 Å². The van der Waals surface area contributed by atoms with Crippen molar-refractivity contribution in [3.05, 3.63) is 22.7 Å². The average molecular weight is 465 g/mol. The maximum atomic E-state index is 13.1. The Morgan fingerprint density at radius 2 is 1.81 bits per heavy atom. The van der Waals surface area contributed by atoms with Crippen LogP contribution in [-0.2, 0) is 4.79 Å². The molecule has 32 heavy (non-hydrogen) atoms. The van der Waals surface area contributed by atoms with E-state index in [0.29, 0.717) is 47.7 Å². The molecule has 2 aliphatic rings. The number of carbonyl (C=O) groups excluding carboxylic acids is 2. The van der Waals surface area contributed by atoms with E-state index in [2.05, 4.69) is 19.2 Å². The van der Waals surface area contributed by atoms with Crippen LogP contribution in [0, 0.1) is 11.8 Å². The molecule has 0 unspecified atom stereocenters. The Morgan fingerprint density at radius 3 is 2.44 bits per heavy atom. The predicted octanol–water partition coefficient (Wildman–Crippen LogP) is 5.07. The van der Waals surface area contributed by atoms with Gasteiger partial charge in [0, 0.05) is 30.6 Å². The highest BCUT2D eigenvalue weighted by Crippen LogP contribution is 2.37. The van der Waals surface area contributed by atoms with Crippen molar-refractivity contribution < 1.29 is 19.1 Å². The van der Waals surface area contributed by atoms with Gasteiger partial charge in [-0.25, -0.2) is 0 Å². The van der Waals surface area contributed by atoms with Gasteiger partial charge in [-0.1, -0.05) is 44.7 Å². The number of ether oxygens (including phenoxy) is 2. The Morgan fingerprint density at radius 1 is 1.12 bits per heavy atom. The number of halogens is 1. The second-order valence-electron chi connectivity index (χ2n) is 9.43. The number of piperidine rings is 1. The van der Waals surface area contributed by atoms with Gasteiger partial charge in [-0.2, -0.15) is 0 Å². The molecular weight excluding hydrogens is 428 g/mol. The molecule has 0 spiro atoms. The van der Waals surface area contributed by atoms with Crippen LogP contribution in [-0.4, -0.2) is 49.6 Å². The van der Waals surface area contributed by atoms with Crippen LogP contribution in [0.1, 0.15) is 75.6 Å². The quantitative estimate of drug-likeness (QED) is 0.582. The number of benzene rings is 1. The van der Waals surface area contributed by atoms with Crippen LogP contribution in [0.15, 0.2) is 12.1 Å². The number of methoxy groups -OCH3 is 1. The van der Waals surface area contributed by atoms with Gasteiger partial charge < -0.3 is 19.7 Å². The Hall–Kier alpha value is -1.95. The molecule has 0 atom stereocenters. The predicted molar refractivity (Wildman–Crippen MR) is 127 cm³/mol. The van der Waals surface area contributed by atoms with Crippen molar-refractivity contribution in [2.24, 2.45) is 11.8 Å². The molecule has 1 aliphatic heterocycles. The third-order valence-corrected chi connectivity index (χ3v) is 6.80. The summed E-state index contributed by atoms with van der Waals surface area (Å²) in [5.41, 5.74) is 0.493. The standard InChI is InChI=1S/C25H37ClN2O4/c1-17(2)11-14-32-23-21(26)15-19(16-22(23)31-3)25(30)28-12-9-20(10-13-28)27-24(29)18-7-5-4-6-8-18/h15-18,20H,4-14H2,1-3H3,(H,27,29). The number of hydrogen-bond acceptors (Lipinski definition) is 4. The lowest BCUT2D eigenvalue weighted by atomic mass is 9.88. The van der Waals surface area contributed by atoms with Crippen LogP contribution < -0.4 is 14.8 Å². The first-order valence-corrected chi connectivity index (χ1v) is 12.4. The van der Waals surface area contributed by atoms with E-state index in [1.807, 2.05) is 4.90 Å². The summed E-state index contributed by atoms with van der Waals surface area (Å²) in [6.45, 7) is 6.03. The largest absolute Gasteiger partial charge is 0.493 e. The fraction of sp³-hybridized carbons (Fsp3) is 0.680. The van der Waals surface area contributed by atoms with Gasteiger partial charge in [-0.15, -0.1) is 0 Å². The SMILES string of the molecule is COc1cc(C(=O)N2CCC(NC(=O)C3CCCCC3)CC2)cc(Cl)c1OCCC(C)C. The highest BCUT2D eigenvalue weighted by Gasteiger charge is 2.28. The van der Waals surface area contributed by atoms with E-state index >= 15 is 0 Å². The van der Waals surface area contributed by atoms with Gasteiger partial charge in [0.05, 0.1) is 18.7 Å². The molecule has 1 aromatic carbocycles. The molecule has 7 heteroatoms. The van der Waals surface area contributed by atoms with Crippen molar-refractivity contribution >= 4 is 23.4 Å². The molecule has 0 bridgehead atoms. The van der Waals surface area contributed by atoms with Crippen LogP contribution in [0.25, 0.3) is 0 Å². The molecule has 2 amide bonds. The number of rotatable bonds is 8. The summed E-state index contributed by atoms with van der Waals surface area (Å²) in [7, 11) is 1.55. The summed E-state index contributed by atoms with van der Waals surface area (Å²) in [4.78, 5) is 27.4. The molecule has 2 fully saturated rings. The zero-order chi connectivity index (χ0) is 23.1. The fourth-order valence-electron chi connectivity index (χ4n) is 4.47. The second-order valence-corrected chi connectivity index (χ2v) is 9.84. The molecule has 6 nitrogen and oxygen atoms in total. The third-order valence-electron chi connectivity index (χ3n) is 6.52. The van der Waals surface area contributed by atoms with Gasteiger partial charge in [0.25, 0.3) is 5.91 Å². The molecule has 1 aromatic rings. The first-order chi connectivity index (χ1) is 15.4. The Labute approximate surface area is 197 Å². The molecule has 1 N–H and O–H groups in total. The van der Waals surface area contributed by atoms with Crippen molar-refractivity contribution in [2.45, 2.75) is 71.3 Å². The lowest BCUT2D eigenvalue weighted by molar-refractivity contribution is -0.126. The van der Waals surface area contributed by atoms with Crippen LogP contribution in [0.5, 0.6) is 11.5 Å². The first-order valence-electron chi connectivity index (χ1n) is 12.0.